The maximum absolute atomic E-state index is 15.3. The van der Waals surface area contributed by atoms with Gasteiger partial charge in [0.05, 0.1) is 18.3 Å². The third-order valence-electron chi connectivity index (χ3n) is 6.54. The number of hydrogen-bond donors (Lipinski definition) is 1. The molecule has 6 heteroatoms. The van der Waals surface area contributed by atoms with E-state index in [-0.39, 0.29) is 18.4 Å². The molecule has 0 bridgehead atoms. The molecule has 2 aromatic carbocycles. The molecule has 0 aromatic heterocycles. The molecular formula is C24H27FINO3. The molecule has 0 aliphatic carbocycles. The molecule has 0 unspecified atom stereocenters. The monoisotopic (exact) mass is 523 g/mol. The highest BCUT2D eigenvalue weighted by atomic mass is 127. The number of amides is 1. The Balaban J connectivity index is 1.78. The van der Waals surface area contributed by atoms with Gasteiger partial charge < -0.3 is 14.7 Å². The zero-order valence-corrected chi connectivity index (χ0v) is 19.6. The zero-order valence-electron chi connectivity index (χ0n) is 17.4. The molecule has 4 rings (SSSR count). The molecule has 4 atom stereocenters. The first-order valence-electron chi connectivity index (χ1n) is 10.3. The number of carbonyl (C=O) groups is 1. The Morgan fingerprint density at radius 1 is 1.20 bits per heavy atom. The third-order valence-corrected chi connectivity index (χ3v) is 7.25. The summed E-state index contributed by atoms with van der Waals surface area (Å²) in [6.07, 6.45) is -0.225. The topological polar surface area (TPSA) is 49.8 Å². The lowest BCUT2D eigenvalue weighted by Gasteiger charge is -2.32. The number of aliphatic hydroxyl groups is 1. The quantitative estimate of drug-likeness (QED) is 0.573. The summed E-state index contributed by atoms with van der Waals surface area (Å²) in [5, 5.41) is 9.56. The Kier molecular flexibility index (Phi) is 5.70. The molecule has 0 radical (unpaired) electrons. The fourth-order valence-electron chi connectivity index (χ4n) is 5.33. The second-order valence-electron chi connectivity index (χ2n) is 8.82. The van der Waals surface area contributed by atoms with Gasteiger partial charge in [0.2, 0.25) is 0 Å². The van der Waals surface area contributed by atoms with Crippen molar-refractivity contribution in [1.82, 2.24) is 0 Å². The minimum atomic E-state index is -1.54. The average molecular weight is 523 g/mol. The fourth-order valence-corrected chi connectivity index (χ4v) is 5.69. The van der Waals surface area contributed by atoms with Crippen molar-refractivity contribution in [2.75, 3.05) is 11.5 Å². The van der Waals surface area contributed by atoms with E-state index < -0.39 is 23.3 Å². The summed E-state index contributed by atoms with van der Waals surface area (Å²) >= 11 is 2.26. The molecule has 2 aliphatic rings. The number of halogens is 2. The Morgan fingerprint density at radius 3 is 2.50 bits per heavy atom. The Bertz CT molecular complexity index is 942. The molecule has 1 fully saturated rings. The van der Waals surface area contributed by atoms with E-state index >= 15 is 4.39 Å². The molecule has 2 aromatic rings. The van der Waals surface area contributed by atoms with Gasteiger partial charge in [0.25, 0.3) is 5.91 Å². The van der Waals surface area contributed by atoms with Crippen molar-refractivity contribution >= 4 is 34.2 Å². The van der Waals surface area contributed by atoms with Gasteiger partial charge in [0.15, 0.2) is 5.60 Å². The number of nitrogens with zero attached hydrogens (tertiary/aromatic N) is 1. The molecule has 30 heavy (non-hydrogen) atoms. The van der Waals surface area contributed by atoms with E-state index in [1.165, 1.54) is 13.8 Å². The summed E-state index contributed by atoms with van der Waals surface area (Å²) < 4.78 is 22.8. The van der Waals surface area contributed by atoms with Crippen LogP contribution < -0.4 is 4.90 Å². The van der Waals surface area contributed by atoms with E-state index in [1.807, 2.05) is 55.5 Å². The minimum absolute atomic E-state index is 0.109. The van der Waals surface area contributed by atoms with Crippen LogP contribution in [0.1, 0.15) is 38.3 Å². The maximum atomic E-state index is 15.3. The van der Waals surface area contributed by atoms with Crippen LogP contribution in [0.25, 0.3) is 0 Å². The summed E-state index contributed by atoms with van der Waals surface area (Å²) in [7, 11) is 0. The lowest BCUT2D eigenvalue weighted by atomic mass is 9.71. The second-order valence-corrected chi connectivity index (χ2v) is 10.1. The molecule has 1 amide bonds. The van der Waals surface area contributed by atoms with Gasteiger partial charge in [-0.05, 0) is 66.6 Å². The molecule has 2 aliphatic heterocycles. The molecule has 1 N–H and O–H groups in total. The maximum Gasteiger partial charge on any atom is 0.264 e. The number of ether oxygens (including phenoxy) is 1. The van der Waals surface area contributed by atoms with Gasteiger partial charge in [0, 0.05) is 27.6 Å². The van der Waals surface area contributed by atoms with Crippen LogP contribution in [0.15, 0.2) is 48.5 Å². The van der Waals surface area contributed by atoms with E-state index in [0.717, 1.165) is 20.4 Å². The van der Waals surface area contributed by atoms with Crippen LogP contribution in [0.5, 0.6) is 0 Å². The van der Waals surface area contributed by atoms with Gasteiger partial charge in [-0.1, -0.05) is 37.3 Å². The number of aliphatic hydroxyl groups excluding tert-OH is 1. The summed E-state index contributed by atoms with van der Waals surface area (Å²) in [6.45, 7) is 5.30. The highest BCUT2D eigenvalue weighted by Crippen LogP contribution is 2.58. The van der Waals surface area contributed by atoms with Crippen molar-refractivity contribution in [2.24, 2.45) is 11.8 Å². The molecule has 4 nitrogen and oxygen atoms in total. The number of para-hydroxylation sites is 1. The summed E-state index contributed by atoms with van der Waals surface area (Å²) in [5.41, 5.74) is -0.138. The minimum Gasteiger partial charge on any atom is -0.396 e. The highest BCUT2D eigenvalue weighted by molar-refractivity contribution is 14.1. The fraction of sp³-hybridized carbons (Fsp3) is 0.458. The number of fused-ring (bicyclic) bond motifs is 2. The van der Waals surface area contributed by atoms with Crippen molar-refractivity contribution in [2.45, 2.75) is 51.1 Å². The molecule has 0 saturated carbocycles. The Labute approximate surface area is 190 Å². The SMILES string of the molecule is C[C@H]1[C@H](C(C)(C)F)[C@@H](CCO)O[C@]12C(=O)N(Cc1ccc(I)cc1)c1ccccc12. The van der Waals surface area contributed by atoms with Gasteiger partial charge in [-0.15, -0.1) is 0 Å². The number of alkyl halides is 1. The predicted octanol–water partition coefficient (Wildman–Crippen LogP) is 4.81. The van der Waals surface area contributed by atoms with Gasteiger partial charge in [-0.3, -0.25) is 4.79 Å². The van der Waals surface area contributed by atoms with Gasteiger partial charge >= 0.3 is 0 Å². The van der Waals surface area contributed by atoms with Crippen molar-refractivity contribution in [1.29, 1.82) is 0 Å². The van der Waals surface area contributed by atoms with Crippen LogP contribution in [0.3, 0.4) is 0 Å². The van der Waals surface area contributed by atoms with E-state index in [9.17, 15) is 9.90 Å². The summed E-state index contributed by atoms with van der Waals surface area (Å²) in [4.78, 5) is 15.7. The summed E-state index contributed by atoms with van der Waals surface area (Å²) in [5.74, 6) is -1.02. The van der Waals surface area contributed by atoms with Gasteiger partial charge in [-0.25, -0.2) is 4.39 Å². The number of carbonyl (C=O) groups excluding carboxylic acids is 1. The van der Waals surface area contributed by atoms with E-state index in [4.69, 9.17) is 4.74 Å². The van der Waals surface area contributed by atoms with Gasteiger partial charge in [-0.2, -0.15) is 0 Å². The molecule has 1 saturated heterocycles. The van der Waals surface area contributed by atoms with Crippen molar-refractivity contribution in [3.63, 3.8) is 0 Å². The normalized spacial score (nSPS) is 28.4. The van der Waals surface area contributed by atoms with E-state index in [2.05, 4.69) is 22.6 Å². The average Bonchev–Trinajstić information content (AvgIpc) is 3.12. The van der Waals surface area contributed by atoms with Crippen LogP contribution in [0.2, 0.25) is 0 Å². The van der Waals surface area contributed by atoms with Crippen LogP contribution in [0, 0.1) is 15.4 Å². The summed E-state index contributed by atoms with van der Waals surface area (Å²) in [6, 6.07) is 15.7. The highest BCUT2D eigenvalue weighted by Gasteiger charge is 2.65. The standard InChI is InChI=1S/C24H27FINO3/c1-15-21(23(2,3)25)20(12-13-28)30-24(15)18-6-4-5-7-19(18)27(22(24)29)14-16-8-10-17(26)11-9-16/h4-11,15,20-21,28H,12-14H2,1-3H3/t15-,20+,21-,24+/m0/s1. The van der Waals surface area contributed by atoms with Crippen molar-refractivity contribution in [3.8, 4) is 0 Å². The number of hydrogen-bond acceptors (Lipinski definition) is 3. The van der Waals surface area contributed by atoms with Crippen molar-refractivity contribution < 1.29 is 19.0 Å². The van der Waals surface area contributed by atoms with Crippen LogP contribution in [0.4, 0.5) is 10.1 Å². The van der Waals surface area contributed by atoms with Gasteiger partial charge in [0.1, 0.15) is 5.67 Å². The number of benzene rings is 2. The molecule has 2 heterocycles. The Hall–Kier alpha value is -1.51. The molecule has 160 valence electrons. The van der Waals surface area contributed by atoms with E-state index in [0.29, 0.717) is 13.0 Å². The van der Waals surface area contributed by atoms with Crippen LogP contribution in [-0.4, -0.2) is 29.4 Å². The first-order valence-corrected chi connectivity index (χ1v) is 11.4. The first-order chi connectivity index (χ1) is 14.2. The smallest absolute Gasteiger partial charge is 0.264 e. The second kappa shape index (κ2) is 7.88. The number of rotatable bonds is 5. The largest absolute Gasteiger partial charge is 0.396 e. The van der Waals surface area contributed by atoms with E-state index in [1.54, 1.807) is 4.90 Å². The lowest BCUT2D eigenvalue weighted by Crippen LogP contribution is -2.45. The van der Waals surface area contributed by atoms with Crippen molar-refractivity contribution in [3.05, 3.63) is 63.2 Å². The van der Waals surface area contributed by atoms with Crippen LogP contribution >= 0.6 is 22.6 Å². The number of anilines is 1. The Morgan fingerprint density at radius 2 is 1.87 bits per heavy atom. The lowest BCUT2D eigenvalue weighted by molar-refractivity contribution is -0.146. The molecular weight excluding hydrogens is 496 g/mol. The molecule has 1 spiro atoms. The predicted molar refractivity (Wildman–Crippen MR) is 123 cm³/mol. The van der Waals surface area contributed by atoms with Crippen LogP contribution in [-0.2, 0) is 21.7 Å². The zero-order chi connectivity index (χ0) is 21.7. The first kappa shape index (κ1) is 21.7. The third kappa shape index (κ3) is 3.37.